The fraction of sp³-hybridized carbons (Fsp3) is 0.400. The summed E-state index contributed by atoms with van der Waals surface area (Å²) in [7, 11) is 0. The van der Waals surface area contributed by atoms with Gasteiger partial charge in [0, 0.05) is 12.1 Å². The molecule has 0 radical (unpaired) electrons. The molecule has 2 heterocycles. The van der Waals surface area contributed by atoms with Crippen molar-refractivity contribution >= 4 is 5.97 Å². The number of carboxylic acids is 1. The lowest BCUT2D eigenvalue weighted by molar-refractivity contribution is -0.143. The summed E-state index contributed by atoms with van der Waals surface area (Å²) in [5.41, 5.74) is 0.912. The highest BCUT2D eigenvalue weighted by Gasteiger charge is 2.26. The molecule has 3 rings (SSSR count). The summed E-state index contributed by atoms with van der Waals surface area (Å²) in [5.74, 6) is 0.0720. The molecular weight excluding hydrogens is 270 g/mol. The molecule has 1 N–H and O–H groups in total. The van der Waals surface area contributed by atoms with Gasteiger partial charge < -0.3 is 9.63 Å². The standard InChI is InChI=1S/C15H17N3O3/c19-15(20)12-7-4-8-18(9-12)10-13-16-14(17-21-13)11-5-2-1-3-6-11/h1-3,5-6,12H,4,7-10H2,(H,19,20). The molecule has 1 aromatic carbocycles. The number of carboxylic acid groups (broad SMARTS) is 1. The smallest absolute Gasteiger partial charge is 0.307 e. The number of rotatable bonds is 4. The summed E-state index contributed by atoms with van der Waals surface area (Å²) in [5, 5.41) is 13.1. The van der Waals surface area contributed by atoms with Crippen LogP contribution in [0.4, 0.5) is 0 Å². The second kappa shape index (κ2) is 6.05. The highest BCUT2D eigenvalue weighted by atomic mass is 16.5. The molecule has 110 valence electrons. The molecule has 1 fully saturated rings. The van der Waals surface area contributed by atoms with Crippen molar-refractivity contribution in [3.63, 3.8) is 0 Å². The lowest BCUT2D eigenvalue weighted by Gasteiger charge is -2.29. The third-order valence-corrected chi connectivity index (χ3v) is 3.71. The van der Waals surface area contributed by atoms with Crippen LogP contribution in [0.2, 0.25) is 0 Å². The van der Waals surface area contributed by atoms with Gasteiger partial charge in [0.15, 0.2) is 0 Å². The first-order valence-electron chi connectivity index (χ1n) is 7.05. The van der Waals surface area contributed by atoms with Crippen molar-refractivity contribution in [2.24, 2.45) is 5.92 Å². The van der Waals surface area contributed by atoms with E-state index < -0.39 is 5.97 Å². The second-order valence-corrected chi connectivity index (χ2v) is 5.29. The minimum absolute atomic E-state index is 0.296. The number of hydrogen-bond acceptors (Lipinski definition) is 5. The normalized spacial score (nSPS) is 19.5. The molecule has 1 aliphatic heterocycles. The Labute approximate surface area is 122 Å². The van der Waals surface area contributed by atoms with Gasteiger partial charge in [0.05, 0.1) is 12.5 Å². The first-order chi connectivity index (χ1) is 10.2. The summed E-state index contributed by atoms with van der Waals surface area (Å²) in [6.07, 6.45) is 1.63. The molecule has 0 saturated carbocycles. The summed E-state index contributed by atoms with van der Waals surface area (Å²) < 4.78 is 5.27. The van der Waals surface area contributed by atoms with Gasteiger partial charge in [0.2, 0.25) is 11.7 Å². The van der Waals surface area contributed by atoms with E-state index in [1.165, 1.54) is 0 Å². The topological polar surface area (TPSA) is 79.5 Å². The van der Waals surface area contributed by atoms with Crippen molar-refractivity contribution in [2.75, 3.05) is 13.1 Å². The Kier molecular flexibility index (Phi) is 3.96. The number of hydrogen-bond donors (Lipinski definition) is 1. The zero-order valence-electron chi connectivity index (χ0n) is 11.6. The maximum atomic E-state index is 11.1. The van der Waals surface area contributed by atoms with Crippen LogP contribution in [-0.2, 0) is 11.3 Å². The van der Waals surface area contributed by atoms with Gasteiger partial charge in [-0.25, -0.2) is 0 Å². The Hall–Kier alpha value is -2.21. The number of aliphatic carboxylic acids is 1. The van der Waals surface area contributed by atoms with Gasteiger partial charge in [-0.3, -0.25) is 9.69 Å². The molecule has 21 heavy (non-hydrogen) atoms. The van der Waals surface area contributed by atoms with Crippen LogP contribution in [0.1, 0.15) is 18.7 Å². The maximum Gasteiger partial charge on any atom is 0.307 e. The number of piperidine rings is 1. The number of carbonyl (C=O) groups is 1. The molecule has 6 heteroatoms. The van der Waals surface area contributed by atoms with Gasteiger partial charge in [0.25, 0.3) is 0 Å². The molecule has 0 spiro atoms. The van der Waals surface area contributed by atoms with E-state index in [1.807, 2.05) is 30.3 Å². The Morgan fingerprint density at radius 3 is 2.95 bits per heavy atom. The van der Waals surface area contributed by atoms with Crippen molar-refractivity contribution in [2.45, 2.75) is 19.4 Å². The van der Waals surface area contributed by atoms with E-state index in [2.05, 4.69) is 15.0 Å². The third-order valence-electron chi connectivity index (χ3n) is 3.71. The quantitative estimate of drug-likeness (QED) is 0.927. The van der Waals surface area contributed by atoms with E-state index in [4.69, 9.17) is 9.63 Å². The molecule has 2 aromatic rings. The minimum Gasteiger partial charge on any atom is -0.481 e. The van der Waals surface area contributed by atoms with Crippen molar-refractivity contribution in [1.82, 2.24) is 15.0 Å². The van der Waals surface area contributed by atoms with Crippen LogP contribution < -0.4 is 0 Å². The first-order valence-corrected chi connectivity index (χ1v) is 7.05. The van der Waals surface area contributed by atoms with Gasteiger partial charge in [-0.05, 0) is 19.4 Å². The van der Waals surface area contributed by atoms with Crippen LogP contribution in [0.5, 0.6) is 0 Å². The Balaban J connectivity index is 1.66. The molecule has 1 aromatic heterocycles. The van der Waals surface area contributed by atoms with Crippen LogP contribution >= 0.6 is 0 Å². The summed E-state index contributed by atoms with van der Waals surface area (Å²) in [4.78, 5) is 17.5. The molecule has 6 nitrogen and oxygen atoms in total. The highest BCUT2D eigenvalue weighted by molar-refractivity contribution is 5.70. The highest BCUT2D eigenvalue weighted by Crippen LogP contribution is 2.20. The average molecular weight is 287 g/mol. The lowest BCUT2D eigenvalue weighted by Crippen LogP contribution is -2.38. The molecule has 1 unspecified atom stereocenters. The summed E-state index contributed by atoms with van der Waals surface area (Å²) in [6.45, 7) is 1.91. The van der Waals surface area contributed by atoms with Gasteiger partial charge in [-0.2, -0.15) is 4.98 Å². The van der Waals surface area contributed by atoms with E-state index >= 15 is 0 Å². The van der Waals surface area contributed by atoms with E-state index in [-0.39, 0.29) is 5.92 Å². The number of nitrogens with zero attached hydrogens (tertiary/aromatic N) is 3. The molecule has 1 aliphatic rings. The van der Waals surface area contributed by atoms with Crippen molar-refractivity contribution in [3.8, 4) is 11.4 Å². The Bertz CT molecular complexity index is 612. The van der Waals surface area contributed by atoms with Crippen molar-refractivity contribution in [3.05, 3.63) is 36.2 Å². The molecule has 0 bridgehead atoms. The SMILES string of the molecule is O=C(O)C1CCCN(Cc2nc(-c3ccccc3)no2)C1. The van der Waals surface area contributed by atoms with E-state index in [0.717, 1.165) is 24.9 Å². The van der Waals surface area contributed by atoms with Crippen LogP contribution in [0.25, 0.3) is 11.4 Å². The lowest BCUT2D eigenvalue weighted by atomic mass is 9.98. The van der Waals surface area contributed by atoms with Crippen LogP contribution in [0.3, 0.4) is 0 Å². The predicted octanol–water partition coefficient (Wildman–Crippen LogP) is 2.03. The zero-order chi connectivity index (χ0) is 14.7. The van der Waals surface area contributed by atoms with Crippen LogP contribution in [-0.4, -0.2) is 39.2 Å². The second-order valence-electron chi connectivity index (χ2n) is 5.29. The van der Waals surface area contributed by atoms with Crippen LogP contribution in [0.15, 0.2) is 34.9 Å². The fourth-order valence-corrected chi connectivity index (χ4v) is 2.62. The number of likely N-dealkylation sites (tertiary alicyclic amines) is 1. The van der Waals surface area contributed by atoms with Gasteiger partial charge in [0.1, 0.15) is 0 Å². The average Bonchev–Trinajstić information content (AvgIpc) is 2.97. The van der Waals surface area contributed by atoms with E-state index in [1.54, 1.807) is 0 Å². The first kappa shape index (κ1) is 13.8. The van der Waals surface area contributed by atoms with Crippen molar-refractivity contribution in [1.29, 1.82) is 0 Å². The molecule has 0 amide bonds. The van der Waals surface area contributed by atoms with Gasteiger partial charge >= 0.3 is 5.97 Å². The summed E-state index contributed by atoms with van der Waals surface area (Å²) >= 11 is 0. The minimum atomic E-state index is -0.727. The van der Waals surface area contributed by atoms with Crippen LogP contribution in [0, 0.1) is 5.92 Å². The maximum absolute atomic E-state index is 11.1. The number of aromatic nitrogens is 2. The van der Waals surface area contributed by atoms with Crippen molar-refractivity contribution < 1.29 is 14.4 Å². The Morgan fingerprint density at radius 2 is 2.19 bits per heavy atom. The number of benzene rings is 1. The van der Waals surface area contributed by atoms with E-state index in [9.17, 15) is 4.79 Å². The predicted molar refractivity (Wildman–Crippen MR) is 75.4 cm³/mol. The monoisotopic (exact) mass is 287 g/mol. The fourth-order valence-electron chi connectivity index (χ4n) is 2.62. The molecular formula is C15H17N3O3. The third kappa shape index (κ3) is 3.28. The molecule has 0 aliphatic carbocycles. The largest absolute Gasteiger partial charge is 0.481 e. The van der Waals surface area contributed by atoms with E-state index in [0.29, 0.717) is 24.8 Å². The molecule has 1 atom stereocenters. The Morgan fingerprint density at radius 1 is 1.38 bits per heavy atom. The summed E-state index contributed by atoms with van der Waals surface area (Å²) in [6, 6.07) is 9.64. The molecule has 1 saturated heterocycles. The van der Waals surface area contributed by atoms with Gasteiger partial charge in [-0.15, -0.1) is 0 Å². The zero-order valence-corrected chi connectivity index (χ0v) is 11.6. The van der Waals surface area contributed by atoms with Gasteiger partial charge in [-0.1, -0.05) is 35.5 Å².